The van der Waals surface area contributed by atoms with E-state index < -0.39 is 249 Å². The Balaban J connectivity index is 0.00000256. The molecule has 2 aromatic heterocycles. The minimum atomic E-state index is -5.08. The second-order valence-corrected chi connectivity index (χ2v) is 27.4. The normalized spacial score (nSPS) is 25.3. The Morgan fingerprint density at radius 2 is 0.704 bits per heavy atom. The maximum absolute atomic E-state index is 14.1. The topological polar surface area (TPSA) is 796 Å². The lowest BCUT2D eigenvalue weighted by atomic mass is 9.84. The summed E-state index contributed by atoms with van der Waals surface area (Å²) >= 11 is 0. The standard InChI is InChI=1S/C51H78N12O16.8C2HF3O2/c52-16-32-38(65)40(67)35(57)49(74-32)77-43-26(55)15-25(54)37(64)45(43)79-51-42(69)44(78-50-36(58)41(68)39(66)33(17-53)75-50)34(76-51)20-59-12-6-5-11-30(62-46(70)27(56)13-21-18-60-28-9-3-1-7-23(21)28)47(71)63-31(48(72)73)14-22-19-61-29-10-4-2-8-24(22)29;8*3-2(4,5)1(6)7/h1-4,7-10,18-19,25-27,30-45,49-51,59-61,64-69H,5-6,11-17,20,52-58H2,(H,62,70)(H,63,71)(H,72,73);8*(H,6,7)/t25-,26+,27+,30-,31+,32-,33+,34-,35-,36-,37+,38-,39-,40-,41-,42-,43+,44-,45-,49-,50-,51+;;;;;;;;/m1......../s1. The number of ether oxygens (including phenoxy) is 6. The molecule has 8 rings (SSSR count). The van der Waals surface area contributed by atoms with Crippen molar-refractivity contribution in [1.29, 1.82) is 0 Å². The molecule has 22 atom stereocenters. The number of aliphatic hydroxyl groups is 6. The van der Waals surface area contributed by atoms with Gasteiger partial charge in [-0.15, -0.1) is 0 Å². The predicted molar refractivity (Wildman–Crippen MR) is 391 cm³/mol. The molecule has 34 N–H and O–H groups in total. The van der Waals surface area contributed by atoms with Crippen LogP contribution in [-0.4, -0.2) is 362 Å². The van der Waals surface area contributed by atoms with Crippen molar-refractivity contribution in [3.05, 3.63) is 72.1 Å². The lowest BCUT2D eigenvalue weighted by Gasteiger charge is -2.47. The largest absolute Gasteiger partial charge is 0.490 e. The lowest BCUT2D eigenvalue weighted by Crippen LogP contribution is -2.68. The molecule has 0 radical (unpaired) electrons. The molecule has 0 spiro atoms. The van der Waals surface area contributed by atoms with E-state index >= 15 is 0 Å². The smallest absolute Gasteiger partial charge is 0.480 e. The number of hydrogen-bond donors (Lipinski definition) is 27. The van der Waals surface area contributed by atoms with Gasteiger partial charge in [-0.1, -0.05) is 36.4 Å². The van der Waals surface area contributed by atoms with E-state index in [9.17, 15) is 155 Å². The van der Waals surface area contributed by atoms with E-state index in [0.717, 1.165) is 27.4 Å². The molecule has 44 nitrogen and oxygen atoms in total. The molecule has 5 heterocycles. The fraction of sp³-hybridized carbons (Fsp3) is 0.597. The van der Waals surface area contributed by atoms with Crippen LogP contribution < -0.4 is 56.1 Å². The molecule has 1 aliphatic carbocycles. The average Bonchev–Trinajstić information content (AvgIpc) is 1.65. The molecular formula is C67H86F24N12O32. The van der Waals surface area contributed by atoms with Crippen molar-refractivity contribution in [2.24, 2.45) is 40.1 Å². The maximum atomic E-state index is 14.1. The van der Waals surface area contributed by atoms with Crippen LogP contribution in [0.2, 0.25) is 0 Å². The molecule has 2 aromatic carbocycles. The number of nitrogens with two attached hydrogens (primary N) is 7. The molecule has 4 aliphatic rings. The number of rotatable bonds is 24. The molecule has 135 heavy (non-hydrogen) atoms. The summed E-state index contributed by atoms with van der Waals surface area (Å²) in [6, 6.07) is 6.75. The Kier molecular flexibility index (Phi) is 49.4. The van der Waals surface area contributed by atoms with Gasteiger partial charge in [0.2, 0.25) is 11.8 Å². The summed E-state index contributed by atoms with van der Waals surface area (Å²) in [5.74, 6) is -24.7. The van der Waals surface area contributed by atoms with E-state index in [4.69, 9.17) is 148 Å². The number of hydrogen-bond acceptors (Lipinski definition) is 31. The number of aliphatic hydroxyl groups excluding tert-OH is 6. The highest BCUT2D eigenvalue weighted by Crippen LogP contribution is 2.36. The minimum absolute atomic E-state index is 0.0324. The van der Waals surface area contributed by atoms with Crippen LogP contribution in [0.5, 0.6) is 0 Å². The Bertz CT molecular complexity index is 4140. The number of benzene rings is 2. The molecule has 0 unspecified atom stereocenters. The molecule has 4 aromatic rings. The number of carboxylic acid groups (broad SMARTS) is 9. The first-order valence-corrected chi connectivity index (χ1v) is 36.6. The number of amides is 2. The fourth-order valence-corrected chi connectivity index (χ4v) is 10.8. The number of aromatic nitrogens is 2. The van der Waals surface area contributed by atoms with Gasteiger partial charge >= 0.3 is 103 Å². The third-order valence-electron chi connectivity index (χ3n) is 17.4. The fourth-order valence-electron chi connectivity index (χ4n) is 10.8. The lowest BCUT2D eigenvalue weighted by molar-refractivity contribution is -0.306. The second kappa shape index (κ2) is 53.6. The molecule has 774 valence electrons. The van der Waals surface area contributed by atoms with Gasteiger partial charge in [-0.2, -0.15) is 105 Å². The van der Waals surface area contributed by atoms with Gasteiger partial charge in [0.15, 0.2) is 18.9 Å². The average molecular weight is 2030 g/mol. The summed E-state index contributed by atoms with van der Waals surface area (Å²) in [6.07, 6.45) is -57.1. The molecule has 4 fully saturated rings. The molecule has 68 heteroatoms. The highest BCUT2D eigenvalue weighted by atomic mass is 19.4. The Hall–Kier alpha value is -10.8. The van der Waals surface area contributed by atoms with Crippen LogP contribution in [0.15, 0.2) is 60.9 Å². The first-order chi connectivity index (χ1) is 61.3. The van der Waals surface area contributed by atoms with E-state index in [1.54, 1.807) is 12.4 Å². The van der Waals surface area contributed by atoms with Crippen molar-refractivity contribution in [1.82, 2.24) is 25.9 Å². The van der Waals surface area contributed by atoms with Gasteiger partial charge in [0.25, 0.3) is 0 Å². The van der Waals surface area contributed by atoms with Crippen molar-refractivity contribution in [3.8, 4) is 0 Å². The quantitative estimate of drug-likeness (QED) is 0.0288. The van der Waals surface area contributed by atoms with Crippen LogP contribution in [0.4, 0.5) is 105 Å². The van der Waals surface area contributed by atoms with Crippen molar-refractivity contribution in [2.45, 2.75) is 222 Å². The van der Waals surface area contributed by atoms with Crippen molar-refractivity contribution in [3.63, 3.8) is 0 Å². The van der Waals surface area contributed by atoms with Gasteiger partial charge in [0.1, 0.15) is 79.2 Å². The second-order valence-electron chi connectivity index (χ2n) is 27.4. The van der Waals surface area contributed by atoms with Crippen LogP contribution in [0, 0.1) is 0 Å². The van der Waals surface area contributed by atoms with Gasteiger partial charge in [0, 0.05) is 72.3 Å². The van der Waals surface area contributed by atoms with Gasteiger partial charge < -0.3 is 171 Å². The third-order valence-corrected chi connectivity index (χ3v) is 17.4. The molecule has 3 saturated heterocycles. The highest BCUT2D eigenvalue weighted by molar-refractivity contribution is 5.93. The number of para-hydroxylation sites is 2. The zero-order valence-corrected chi connectivity index (χ0v) is 67.3. The summed E-state index contributed by atoms with van der Waals surface area (Å²) in [7, 11) is 0. The van der Waals surface area contributed by atoms with Gasteiger partial charge in [-0.25, -0.2) is 43.2 Å². The van der Waals surface area contributed by atoms with Crippen LogP contribution >= 0.6 is 0 Å². The van der Waals surface area contributed by atoms with Crippen LogP contribution in [-0.2, 0) is 94.0 Å². The number of alkyl halides is 24. The van der Waals surface area contributed by atoms with E-state index in [-0.39, 0.29) is 51.9 Å². The number of nitrogens with one attached hydrogen (secondary N) is 5. The number of aromatic amines is 2. The van der Waals surface area contributed by atoms with Crippen LogP contribution in [0.3, 0.4) is 0 Å². The van der Waals surface area contributed by atoms with Crippen molar-refractivity contribution >= 4 is 87.3 Å². The Labute approximate surface area is 735 Å². The number of fused-ring (bicyclic) bond motifs is 2. The van der Waals surface area contributed by atoms with Crippen LogP contribution in [0.1, 0.15) is 36.8 Å². The summed E-state index contributed by atoms with van der Waals surface area (Å²) in [6.45, 7) is -0.227. The monoisotopic (exact) mass is 2030 g/mol. The number of unbranched alkanes of at least 4 members (excludes halogenated alkanes) is 1. The summed E-state index contributed by atoms with van der Waals surface area (Å²) in [5, 5.41) is 144. The van der Waals surface area contributed by atoms with E-state index in [2.05, 4.69) is 25.9 Å². The van der Waals surface area contributed by atoms with E-state index in [1.165, 1.54) is 0 Å². The number of H-pyrrole nitrogens is 2. The summed E-state index contributed by atoms with van der Waals surface area (Å²) in [5.41, 5.74) is 46.5. The first kappa shape index (κ1) is 124. The molecule has 1 saturated carbocycles. The molecule has 0 bridgehead atoms. The van der Waals surface area contributed by atoms with Gasteiger partial charge in [-0.05, 0) is 61.9 Å². The number of carbonyl (C=O) groups excluding carboxylic acids is 2. The van der Waals surface area contributed by atoms with Crippen molar-refractivity contribution in [2.75, 3.05) is 26.2 Å². The van der Waals surface area contributed by atoms with Crippen molar-refractivity contribution < 1.29 is 263 Å². The van der Waals surface area contributed by atoms with E-state index in [1.807, 2.05) is 48.5 Å². The van der Waals surface area contributed by atoms with Crippen LogP contribution in [0.25, 0.3) is 21.8 Å². The zero-order chi connectivity index (χ0) is 105. The number of aliphatic carboxylic acids is 9. The first-order valence-electron chi connectivity index (χ1n) is 36.6. The highest BCUT2D eigenvalue weighted by Gasteiger charge is 2.56. The molecule has 3 aliphatic heterocycles. The third kappa shape index (κ3) is 42.6. The zero-order valence-electron chi connectivity index (χ0n) is 67.3. The SMILES string of the molecule is NC[C@@H]1O[C@H](O[C@H]2[C@@H](O)[C@H](O[C@@H]3[C@@H](O)[C@H](N)C[C@H](N)[C@@H]3O[C@H]3O[C@H](CN)[C@@H](O)[C@H](O)[C@H]3N)O[C@@H]2CNCCCC[C@@H](NC(=O)[C@@H](N)Cc2c[nH]c3ccccc23)C(=O)N[C@@H](Cc2c[nH]c3ccccc23)C(=O)O)[C@H](N)[C@@H](O)[C@@H]1O.O=C(O)C(F)(F)F.O=C(O)C(F)(F)F.O=C(O)C(F)(F)F.O=C(O)C(F)(F)F.O=C(O)C(F)(F)F.O=C(O)C(F)(F)F.O=C(O)C(F)(F)F.O=C(O)C(F)(F)F. The Morgan fingerprint density at radius 1 is 0.393 bits per heavy atom. The molecular weight excluding hydrogens is 1940 g/mol. The number of carbonyl (C=O) groups is 11. The maximum Gasteiger partial charge on any atom is 0.490 e. The van der Waals surface area contributed by atoms with Gasteiger partial charge in [0.05, 0.1) is 24.2 Å². The Morgan fingerprint density at radius 3 is 1.04 bits per heavy atom. The summed E-state index contributed by atoms with van der Waals surface area (Å²) in [4.78, 5) is 118. The van der Waals surface area contributed by atoms with E-state index in [0.29, 0.717) is 18.4 Å². The number of carboxylic acids is 9. The van der Waals surface area contributed by atoms with Gasteiger partial charge in [-0.3, -0.25) is 9.59 Å². The minimum Gasteiger partial charge on any atom is -0.480 e. The predicted octanol–water partition coefficient (Wildman–Crippen LogP) is -1.23. The summed E-state index contributed by atoms with van der Waals surface area (Å²) < 4.78 is 291. The molecule has 2 amide bonds. The number of halogens is 24.